The molecule has 0 amide bonds. The SMILES string of the molecule is C[C@@H]1NC[C@@H](c2ccccc2)S(=O)(=O)C1Cc1ccc(N2CC[C@@H](n3cnnc3)[C@H](F)C2)cc1F. The van der Waals surface area contributed by atoms with Crippen molar-refractivity contribution in [1.29, 1.82) is 0 Å². The zero-order valence-electron chi connectivity index (χ0n) is 19.5. The van der Waals surface area contributed by atoms with Crippen LogP contribution in [0.3, 0.4) is 0 Å². The second-order valence-electron chi connectivity index (χ2n) is 9.43. The van der Waals surface area contributed by atoms with E-state index < -0.39 is 32.3 Å². The summed E-state index contributed by atoms with van der Waals surface area (Å²) in [5, 5.41) is 9.38. The molecule has 5 atom stereocenters. The molecule has 1 aromatic heterocycles. The Bertz CT molecular complexity index is 1260. The molecule has 2 aromatic carbocycles. The summed E-state index contributed by atoms with van der Waals surface area (Å²) in [5.41, 5.74) is 1.68. The first-order valence-electron chi connectivity index (χ1n) is 11.9. The van der Waals surface area contributed by atoms with Gasteiger partial charge in [0.15, 0.2) is 9.84 Å². The van der Waals surface area contributed by atoms with Gasteiger partial charge in [0.2, 0.25) is 0 Å². The number of benzene rings is 2. The number of alkyl halides is 1. The number of sulfone groups is 1. The van der Waals surface area contributed by atoms with Crippen molar-refractivity contribution in [3.63, 3.8) is 0 Å². The van der Waals surface area contributed by atoms with Crippen molar-refractivity contribution in [3.05, 3.63) is 78.1 Å². The predicted molar refractivity (Wildman–Crippen MR) is 130 cm³/mol. The van der Waals surface area contributed by atoms with E-state index in [0.29, 0.717) is 30.8 Å². The Morgan fingerprint density at radius 3 is 2.54 bits per heavy atom. The number of nitrogens with zero attached hydrogens (tertiary/aromatic N) is 4. The van der Waals surface area contributed by atoms with E-state index in [-0.39, 0.29) is 25.0 Å². The molecule has 2 aliphatic rings. The highest BCUT2D eigenvalue weighted by atomic mass is 32.2. The third-order valence-corrected chi connectivity index (χ3v) is 9.97. The maximum absolute atomic E-state index is 15.2. The lowest BCUT2D eigenvalue weighted by molar-refractivity contribution is 0.199. The highest BCUT2D eigenvalue weighted by Gasteiger charge is 2.42. The van der Waals surface area contributed by atoms with Crippen LogP contribution in [0, 0.1) is 5.82 Å². The Kier molecular flexibility index (Phi) is 6.59. The van der Waals surface area contributed by atoms with Gasteiger partial charge < -0.3 is 14.8 Å². The largest absolute Gasteiger partial charge is 0.368 e. The minimum absolute atomic E-state index is 0.0768. The topological polar surface area (TPSA) is 80.1 Å². The van der Waals surface area contributed by atoms with Crippen LogP contribution >= 0.6 is 0 Å². The van der Waals surface area contributed by atoms with Crippen molar-refractivity contribution in [2.24, 2.45) is 0 Å². The van der Waals surface area contributed by atoms with Crippen LogP contribution in [0.5, 0.6) is 0 Å². The number of anilines is 1. The highest BCUT2D eigenvalue weighted by Crippen LogP contribution is 2.34. The molecule has 35 heavy (non-hydrogen) atoms. The van der Waals surface area contributed by atoms with Crippen LogP contribution in [-0.4, -0.2) is 60.3 Å². The van der Waals surface area contributed by atoms with Gasteiger partial charge in [0, 0.05) is 24.8 Å². The van der Waals surface area contributed by atoms with Crippen LogP contribution in [-0.2, 0) is 16.3 Å². The van der Waals surface area contributed by atoms with Gasteiger partial charge in [-0.1, -0.05) is 36.4 Å². The van der Waals surface area contributed by atoms with Crippen LogP contribution in [0.25, 0.3) is 0 Å². The van der Waals surface area contributed by atoms with Gasteiger partial charge in [-0.3, -0.25) is 0 Å². The number of aromatic nitrogens is 3. The summed E-state index contributed by atoms with van der Waals surface area (Å²) in [5.74, 6) is -0.469. The average molecular weight is 502 g/mol. The fraction of sp³-hybridized carbons (Fsp3) is 0.440. The molecule has 2 fully saturated rings. The summed E-state index contributed by atoms with van der Waals surface area (Å²) in [6.07, 6.45) is 2.51. The fourth-order valence-electron chi connectivity index (χ4n) is 5.26. The number of rotatable bonds is 5. The van der Waals surface area contributed by atoms with Crippen molar-refractivity contribution >= 4 is 15.5 Å². The number of hydrogen-bond donors (Lipinski definition) is 1. The Hall–Kier alpha value is -2.85. The van der Waals surface area contributed by atoms with Gasteiger partial charge in [0.1, 0.15) is 24.6 Å². The van der Waals surface area contributed by atoms with Crippen LogP contribution in [0.4, 0.5) is 14.5 Å². The van der Waals surface area contributed by atoms with Crippen LogP contribution in [0.15, 0.2) is 61.2 Å². The molecule has 0 radical (unpaired) electrons. The second kappa shape index (κ2) is 9.66. The standard InChI is InChI=1S/C25H29F2N5O2S/c1-17-24(35(33,34)25(13-28-17)18-5-3-2-4-6-18)11-19-7-8-20(12-21(19)26)31-10-9-23(22(27)14-31)32-15-29-30-16-32/h2-8,12,15-17,22-25,28H,9-11,13-14H2,1H3/t17-,22+,23+,24?,25-/m0/s1. The molecule has 2 saturated heterocycles. The summed E-state index contributed by atoms with van der Waals surface area (Å²) < 4.78 is 58.7. The number of halogens is 2. The van der Waals surface area contributed by atoms with Crippen molar-refractivity contribution in [2.75, 3.05) is 24.5 Å². The molecule has 0 bridgehead atoms. The van der Waals surface area contributed by atoms with Gasteiger partial charge in [-0.05, 0) is 43.0 Å². The number of hydrogen-bond acceptors (Lipinski definition) is 6. The molecule has 3 aromatic rings. The molecule has 0 aliphatic carbocycles. The molecule has 0 spiro atoms. The van der Waals surface area contributed by atoms with E-state index in [1.165, 1.54) is 18.7 Å². The van der Waals surface area contributed by atoms with Gasteiger partial charge in [0.25, 0.3) is 0 Å². The normalized spacial score (nSPS) is 28.7. The molecule has 7 nitrogen and oxygen atoms in total. The molecule has 1 unspecified atom stereocenters. The lowest BCUT2D eigenvalue weighted by Crippen LogP contribution is -2.53. The van der Waals surface area contributed by atoms with Crippen LogP contribution in [0.2, 0.25) is 0 Å². The summed E-state index contributed by atoms with van der Waals surface area (Å²) >= 11 is 0. The van der Waals surface area contributed by atoms with E-state index in [2.05, 4.69) is 15.5 Å². The lowest BCUT2D eigenvalue weighted by Gasteiger charge is -2.37. The predicted octanol–water partition coefficient (Wildman–Crippen LogP) is 3.27. The first kappa shape index (κ1) is 23.9. The van der Waals surface area contributed by atoms with Gasteiger partial charge in [0.05, 0.1) is 23.1 Å². The first-order chi connectivity index (χ1) is 16.8. The Morgan fingerprint density at radius 2 is 1.86 bits per heavy atom. The molecule has 5 rings (SSSR count). The summed E-state index contributed by atoms with van der Waals surface area (Å²) in [6.45, 7) is 2.87. The quantitative estimate of drug-likeness (QED) is 0.578. The van der Waals surface area contributed by atoms with Gasteiger partial charge in [-0.2, -0.15) is 0 Å². The van der Waals surface area contributed by atoms with E-state index in [4.69, 9.17) is 0 Å². The van der Waals surface area contributed by atoms with E-state index in [1.807, 2.05) is 42.2 Å². The van der Waals surface area contributed by atoms with E-state index in [0.717, 1.165) is 5.56 Å². The van der Waals surface area contributed by atoms with E-state index in [9.17, 15) is 12.8 Å². The van der Waals surface area contributed by atoms with Crippen molar-refractivity contribution in [3.8, 4) is 0 Å². The third-order valence-electron chi connectivity index (χ3n) is 7.32. The maximum atomic E-state index is 15.2. The second-order valence-corrected chi connectivity index (χ2v) is 11.8. The fourth-order valence-corrected chi connectivity index (χ4v) is 7.63. The summed E-state index contributed by atoms with van der Waals surface area (Å²) in [7, 11) is -3.55. The lowest BCUT2D eigenvalue weighted by atomic mass is 10.0. The van der Waals surface area contributed by atoms with Gasteiger partial charge in [-0.15, -0.1) is 10.2 Å². The molecular weight excluding hydrogens is 472 g/mol. The molecule has 0 saturated carbocycles. The Labute approximate surface area is 204 Å². The number of piperidine rings is 1. The van der Waals surface area contributed by atoms with Crippen molar-refractivity contribution in [2.45, 2.75) is 48.5 Å². The maximum Gasteiger partial charge on any atom is 0.163 e. The van der Waals surface area contributed by atoms with Crippen molar-refractivity contribution < 1.29 is 17.2 Å². The molecule has 10 heteroatoms. The molecule has 1 N–H and O–H groups in total. The van der Waals surface area contributed by atoms with Gasteiger partial charge >= 0.3 is 0 Å². The smallest absolute Gasteiger partial charge is 0.163 e. The Morgan fingerprint density at radius 1 is 1.11 bits per heavy atom. The van der Waals surface area contributed by atoms with E-state index >= 15 is 4.39 Å². The Balaban J connectivity index is 1.31. The average Bonchev–Trinajstić information content (AvgIpc) is 3.37. The highest BCUT2D eigenvalue weighted by molar-refractivity contribution is 7.92. The molecule has 3 heterocycles. The third kappa shape index (κ3) is 4.69. The summed E-state index contributed by atoms with van der Waals surface area (Å²) in [6, 6.07) is 13.3. The monoisotopic (exact) mass is 501 g/mol. The van der Waals surface area contributed by atoms with Gasteiger partial charge in [-0.25, -0.2) is 17.2 Å². The van der Waals surface area contributed by atoms with E-state index in [1.54, 1.807) is 16.7 Å². The molecule has 186 valence electrons. The van der Waals surface area contributed by atoms with Crippen LogP contribution in [0.1, 0.15) is 35.8 Å². The first-order valence-corrected chi connectivity index (χ1v) is 13.5. The zero-order chi connectivity index (χ0) is 24.6. The minimum Gasteiger partial charge on any atom is -0.368 e. The molecule has 2 aliphatic heterocycles. The summed E-state index contributed by atoms with van der Waals surface area (Å²) in [4.78, 5) is 1.82. The number of nitrogens with one attached hydrogen (secondary N) is 1. The van der Waals surface area contributed by atoms with Crippen LogP contribution < -0.4 is 10.2 Å². The minimum atomic E-state index is -3.55. The molecular formula is C25H29F2N5O2S. The zero-order valence-corrected chi connectivity index (χ0v) is 20.3. The van der Waals surface area contributed by atoms with Crippen molar-refractivity contribution in [1.82, 2.24) is 20.1 Å².